The van der Waals surface area contributed by atoms with Gasteiger partial charge in [-0.3, -0.25) is 4.79 Å². The van der Waals surface area contributed by atoms with Crippen molar-refractivity contribution in [2.45, 2.75) is 32.9 Å². The van der Waals surface area contributed by atoms with Gasteiger partial charge in [0.05, 0.1) is 12.1 Å². The SMILES string of the molecule is CC(NC(=O)[C@H](N)C(C)C)c1nncn1C. The summed E-state index contributed by atoms with van der Waals surface area (Å²) < 4.78 is 1.77. The Morgan fingerprint density at radius 3 is 2.56 bits per heavy atom. The largest absolute Gasteiger partial charge is 0.345 e. The number of carbonyl (C=O) groups is 1. The lowest BCUT2D eigenvalue weighted by molar-refractivity contribution is -0.123. The van der Waals surface area contributed by atoms with Gasteiger partial charge < -0.3 is 15.6 Å². The van der Waals surface area contributed by atoms with E-state index in [0.29, 0.717) is 5.82 Å². The zero-order valence-corrected chi connectivity index (χ0v) is 10.1. The fourth-order valence-corrected chi connectivity index (χ4v) is 1.36. The first-order valence-corrected chi connectivity index (χ1v) is 5.33. The molecule has 6 nitrogen and oxygen atoms in total. The molecule has 0 spiro atoms. The Kier molecular flexibility index (Phi) is 4.00. The van der Waals surface area contributed by atoms with Gasteiger partial charge >= 0.3 is 0 Å². The third kappa shape index (κ3) is 2.79. The lowest BCUT2D eigenvalue weighted by atomic mass is 10.0. The molecule has 0 saturated heterocycles. The molecule has 0 aromatic carbocycles. The van der Waals surface area contributed by atoms with Crippen molar-refractivity contribution in [3.63, 3.8) is 0 Å². The van der Waals surface area contributed by atoms with E-state index < -0.39 is 6.04 Å². The van der Waals surface area contributed by atoms with Crippen LogP contribution in [0.4, 0.5) is 0 Å². The van der Waals surface area contributed by atoms with E-state index in [1.165, 1.54) is 0 Å². The molecule has 90 valence electrons. The molecule has 16 heavy (non-hydrogen) atoms. The number of nitrogens with one attached hydrogen (secondary N) is 1. The van der Waals surface area contributed by atoms with Crippen molar-refractivity contribution < 1.29 is 4.79 Å². The van der Waals surface area contributed by atoms with Crippen LogP contribution in [0.5, 0.6) is 0 Å². The second-order valence-electron chi connectivity index (χ2n) is 4.30. The number of nitrogens with zero attached hydrogens (tertiary/aromatic N) is 3. The summed E-state index contributed by atoms with van der Waals surface area (Å²) in [5.74, 6) is 0.668. The van der Waals surface area contributed by atoms with Gasteiger partial charge in [0, 0.05) is 7.05 Å². The second kappa shape index (κ2) is 5.07. The van der Waals surface area contributed by atoms with Crippen LogP contribution < -0.4 is 11.1 Å². The van der Waals surface area contributed by atoms with Gasteiger partial charge in [-0.05, 0) is 12.8 Å². The van der Waals surface area contributed by atoms with E-state index in [-0.39, 0.29) is 17.9 Å². The van der Waals surface area contributed by atoms with Crippen LogP contribution in [0.1, 0.15) is 32.6 Å². The van der Waals surface area contributed by atoms with Crippen LogP contribution in [0.2, 0.25) is 0 Å². The minimum absolute atomic E-state index is 0.117. The molecule has 1 aromatic heterocycles. The summed E-state index contributed by atoms with van der Waals surface area (Å²) in [5.41, 5.74) is 5.74. The zero-order valence-electron chi connectivity index (χ0n) is 10.1. The molecule has 1 aromatic rings. The fourth-order valence-electron chi connectivity index (χ4n) is 1.36. The first-order chi connectivity index (χ1) is 7.43. The first kappa shape index (κ1) is 12.6. The minimum Gasteiger partial charge on any atom is -0.345 e. The van der Waals surface area contributed by atoms with Gasteiger partial charge in [0.15, 0.2) is 5.82 Å². The highest BCUT2D eigenvalue weighted by molar-refractivity contribution is 5.82. The minimum atomic E-state index is -0.490. The van der Waals surface area contributed by atoms with Gasteiger partial charge in [0.25, 0.3) is 0 Å². The lowest BCUT2D eigenvalue weighted by Crippen LogP contribution is -2.45. The summed E-state index contributed by atoms with van der Waals surface area (Å²) in [4.78, 5) is 11.7. The summed E-state index contributed by atoms with van der Waals surface area (Å²) in [6.07, 6.45) is 1.60. The van der Waals surface area contributed by atoms with Crippen LogP contribution in [0.15, 0.2) is 6.33 Å². The standard InChI is InChI=1S/C10H19N5O/c1-6(2)8(11)10(16)13-7(3)9-14-12-5-15(9)4/h5-8H,11H2,1-4H3,(H,13,16)/t7?,8-/m1/s1. The molecule has 0 aliphatic carbocycles. The third-order valence-electron chi connectivity index (χ3n) is 2.51. The maximum Gasteiger partial charge on any atom is 0.237 e. The Balaban J connectivity index is 2.62. The van der Waals surface area contributed by atoms with Crippen molar-refractivity contribution in [3.05, 3.63) is 12.2 Å². The number of nitrogens with two attached hydrogens (primary N) is 1. The normalized spacial score (nSPS) is 14.9. The molecule has 1 amide bonds. The van der Waals surface area contributed by atoms with E-state index in [1.807, 2.05) is 27.8 Å². The fraction of sp³-hybridized carbons (Fsp3) is 0.700. The van der Waals surface area contributed by atoms with Gasteiger partial charge in [0.2, 0.25) is 5.91 Å². The Hall–Kier alpha value is -1.43. The zero-order chi connectivity index (χ0) is 12.3. The highest BCUT2D eigenvalue weighted by Crippen LogP contribution is 2.08. The lowest BCUT2D eigenvalue weighted by Gasteiger charge is -2.18. The van der Waals surface area contributed by atoms with E-state index in [0.717, 1.165) is 0 Å². The van der Waals surface area contributed by atoms with Gasteiger partial charge in [-0.2, -0.15) is 0 Å². The van der Waals surface area contributed by atoms with Crippen molar-refractivity contribution in [2.24, 2.45) is 18.7 Å². The van der Waals surface area contributed by atoms with Crippen LogP contribution in [-0.4, -0.2) is 26.7 Å². The maximum absolute atomic E-state index is 11.7. The van der Waals surface area contributed by atoms with Gasteiger partial charge in [-0.1, -0.05) is 13.8 Å². The molecule has 1 unspecified atom stereocenters. The predicted octanol–water partition coefficient (Wildman–Crippen LogP) is -0.0244. The van der Waals surface area contributed by atoms with Crippen molar-refractivity contribution in [1.29, 1.82) is 0 Å². The highest BCUT2D eigenvalue weighted by atomic mass is 16.2. The van der Waals surface area contributed by atoms with E-state index in [9.17, 15) is 4.79 Å². The average Bonchev–Trinajstić information content (AvgIpc) is 2.62. The number of amides is 1. The molecule has 6 heteroatoms. The Bertz CT molecular complexity index is 360. The number of aryl methyl sites for hydroxylation is 1. The summed E-state index contributed by atoms with van der Waals surface area (Å²) >= 11 is 0. The van der Waals surface area contributed by atoms with Crippen LogP contribution >= 0.6 is 0 Å². The topological polar surface area (TPSA) is 85.8 Å². The molecule has 2 atom stereocenters. The van der Waals surface area contributed by atoms with E-state index in [2.05, 4.69) is 15.5 Å². The number of carbonyl (C=O) groups excluding carboxylic acids is 1. The summed E-state index contributed by atoms with van der Waals surface area (Å²) in [6.45, 7) is 5.68. The molecular formula is C10H19N5O. The molecule has 0 aliphatic heterocycles. The van der Waals surface area contributed by atoms with Crippen molar-refractivity contribution in [3.8, 4) is 0 Å². The molecule has 0 aliphatic rings. The van der Waals surface area contributed by atoms with E-state index >= 15 is 0 Å². The molecule has 0 bridgehead atoms. The average molecular weight is 225 g/mol. The Morgan fingerprint density at radius 2 is 2.12 bits per heavy atom. The smallest absolute Gasteiger partial charge is 0.237 e. The Morgan fingerprint density at radius 1 is 1.50 bits per heavy atom. The van der Waals surface area contributed by atoms with E-state index in [4.69, 9.17) is 5.73 Å². The van der Waals surface area contributed by atoms with E-state index in [1.54, 1.807) is 10.9 Å². The Labute approximate surface area is 95.2 Å². The highest BCUT2D eigenvalue weighted by Gasteiger charge is 2.21. The second-order valence-corrected chi connectivity index (χ2v) is 4.30. The molecule has 0 radical (unpaired) electrons. The predicted molar refractivity (Wildman–Crippen MR) is 60.4 cm³/mol. The maximum atomic E-state index is 11.7. The number of rotatable bonds is 4. The summed E-state index contributed by atoms with van der Waals surface area (Å²) in [7, 11) is 1.83. The van der Waals surface area contributed by atoms with Crippen molar-refractivity contribution >= 4 is 5.91 Å². The van der Waals surface area contributed by atoms with Gasteiger partial charge in [-0.15, -0.1) is 10.2 Å². The first-order valence-electron chi connectivity index (χ1n) is 5.33. The van der Waals surface area contributed by atoms with Crippen molar-refractivity contribution in [2.75, 3.05) is 0 Å². The van der Waals surface area contributed by atoms with Crippen LogP contribution in [0.25, 0.3) is 0 Å². The summed E-state index contributed by atoms with van der Waals surface area (Å²) in [5, 5.41) is 10.5. The number of hydrogen-bond donors (Lipinski definition) is 2. The monoisotopic (exact) mass is 225 g/mol. The quantitative estimate of drug-likeness (QED) is 0.753. The molecular weight excluding hydrogens is 206 g/mol. The van der Waals surface area contributed by atoms with Gasteiger partial charge in [0.1, 0.15) is 6.33 Å². The number of hydrogen-bond acceptors (Lipinski definition) is 4. The van der Waals surface area contributed by atoms with Crippen LogP contribution in [-0.2, 0) is 11.8 Å². The number of aromatic nitrogens is 3. The summed E-state index contributed by atoms with van der Waals surface area (Å²) in [6, 6.07) is -0.680. The van der Waals surface area contributed by atoms with Crippen molar-refractivity contribution in [1.82, 2.24) is 20.1 Å². The third-order valence-corrected chi connectivity index (χ3v) is 2.51. The molecule has 3 N–H and O–H groups in total. The van der Waals surface area contributed by atoms with Crippen LogP contribution in [0, 0.1) is 5.92 Å². The van der Waals surface area contributed by atoms with Crippen LogP contribution in [0.3, 0.4) is 0 Å². The molecule has 1 rings (SSSR count). The molecule has 0 saturated carbocycles. The molecule has 0 fully saturated rings. The molecule has 1 heterocycles. The van der Waals surface area contributed by atoms with Gasteiger partial charge in [-0.25, -0.2) is 0 Å².